The molecule has 0 fully saturated rings. The van der Waals surface area contributed by atoms with Crippen LogP contribution in [0.2, 0.25) is 0 Å². The summed E-state index contributed by atoms with van der Waals surface area (Å²) in [6.07, 6.45) is 0. The minimum atomic E-state index is 0. The number of hydrogen-bond acceptors (Lipinski definition) is 2. The highest BCUT2D eigenvalue weighted by Gasteiger charge is 2.14. The Balaban J connectivity index is 0.00000144. The smallest absolute Gasteiger partial charge is 0.0565 e. The first-order chi connectivity index (χ1) is 7.59. The van der Waals surface area contributed by atoms with Gasteiger partial charge in [0.15, 0.2) is 0 Å². The molecule has 3 heteroatoms. The standard InChI is InChI=1S/C14H17NS.ClH/c1-9-6-10(2)13(11(3)7-9)14(15)12-4-5-16-8-12;/h4-8,14H,15H2,1-3H3;1H/t14-;/m0./s1. The van der Waals surface area contributed by atoms with Gasteiger partial charge in [0, 0.05) is 0 Å². The topological polar surface area (TPSA) is 26.0 Å². The van der Waals surface area contributed by atoms with Gasteiger partial charge in [-0.3, -0.25) is 0 Å². The number of benzene rings is 1. The zero-order chi connectivity index (χ0) is 11.7. The molecule has 0 aliphatic rings. The molecule has 1 aromatic carbocycles. The van der Waals surface area contributed by atoms with E-state index in [4.69, 9.17) is 5.73 Å². The van der Waals surface area contributed by atoms with E-state index in [0.717, 1.165) is 0 Å². The van der Waals surface area contributed by atoms with E-state index in [-0.39, 0.29) is 18.4 Å². The van der Waals surface area contributed by atoms with E-state index in [1.54, 1.807) is 11.3 Å². The number of hydrogen-bond donors (Lipinski definition) is 1. The molecule has 0 amide bonds. The van der Waals surface area contributed by atoms with Crippen LogP contribution >= 0.6 is 23.7 Å². The molecule has 1 aromatic heterocycles. The van der Waals surface area contributed by atoms with Gasteiger partial charge in [-0.2, -0.15) is 11.3 Å². The minimum Gasteiger partial charge on any atom is -0.320 e. The summed E-state index contributed by atoms with van der Waals surface area (Å²) in [7, 11) is 0. The number of halogens is 1. The molecule has 0 radical (unpaired) electrons. The molecule has 0 spiro atoms. The second-order valence-corrected chi connectivity index (χ2v) is 5.13. The average Bonchev–Trinajstić information content (AvgIpc) is 2.67. The molecule has 0 unspecified atom stereocenters. The Morgan fingerprint density at radius 1 is 1.12 bits per heavy atom. The predicted octanol–water partition coefficient (Wildman–Crippen LogP) is 4.14. The highest BCUT2D eigenvalue weighted by Crippen LogP contribution is 2.27. The molecule has 0 aliphatic carbocycles. The Bertz CT molecular complexity index is 468. The lowest BCUT2D eigenvalue weighted by atomic mass is 9.92. The van der Waals surface area contributed by atoms with E-state index >= 15 is 0 Å². The molecule has 2 N–H and O–H groups in total. The van der Waals surface area contributed by atoms with Crippen LogP contribution in [0.4, 0.5) is 0 Å². The van der Waals surface area contributed by atoms with E-state index in [1.165, 1.54) is 27.8 Å². The normalized spacial score (nSPS) is 12.0. The molecule has 1 heterocycles. The van der Waals surface area contributed by atoms with Gasteiger partial charge in [-0.1, -0.05) is 17.7 Å². The molecule has 17 heavy (non-hydrogen) atoms. The van der Waals surface area contributed by atoms with E-state index in [9.17, 15) is 0 Å². The molecule has 1 atom stereocenters. The lowest BCUT2D eigenvalue weighted by molar-refractivity contribution is 0.855. The third kappa shape index (κ3) is 2.89. The molecule has 0 saturated heterocycles. The van der Waals surface area contributed by atoms with Crippen molar-refractivity contribution in [3.8, 4) is 0 Å². The largest absolute Gasteiger partial charge is 0.320 e. The number of nitrogens with two attached hydrogens (primary N) is 1. The Labute approximate surface area is 113 Å². The van der Waals surface area contributed by atoms with Crippen LogP contribution in [0.1, 0.15) is 33.9 Å². The maximum atomic E-state index is 6.32. The monoisotopic (exact) mass is 267 g/mol. The average molecular weight is 268 g/mol. The molecule has 1 nitrogen and oxygen atoms in total. The zero-order valence-electron chi connectivity index (χ0n) is 10.4. The van der Waals surface area contributed by atoms with Crippen molar-refractivity contribution in [2.24, 2.45) is 5.73 Å². The summed E-state index contributed by atoms with van der Waals surface area (Å²) in [5, 5.41) is 4.21. The fraction of sp³-hybridized carbons (Fsp3) is 0.286. The summed E-state index contributed by atoms with van der Waals surface area (Å²) in [6.45, 7) is 6.41. The van der Waals surface area contributed by atoms with Crippen molar-refractivity contribution in [1.82, 2.24) is 0 Å². The molecule has 2 aromatic rings. The summed E-state index contributed by atoms with van der Waals surface area (Å²) in [4.78, 5) is 0. The SMILES string of the molecule is Cc1cc(C)c([C@@H](N)c2ccsc2)c(C)c1.Cl. The van der Waals surface area contributed by atoms with Gasteiger partial charge >= 0.3 is 0 Å². The highest BCUT2D eigenvalue weighted by molar-refractivity contribution is 7.08. The predicted molar refractivity (Wildman–Crippen MR) is 78.3 cm³/mol. The van der Waals surface area contributed by atoms with Crippen molar-refractivity contribution in [3.05, 3.63) is 56.8 Å². The number of thiophene rings is 1. The highest BCUT2D eigenvalue weighted by atomic mass is 35.5. The fourth-order valence-corrected chi connectivity index (χ4v) is 3.00. The van der Waals surface area contributed by atoms with Gasteiger partial charge in [0.1, 0.15) is 0 Å². The Morgan fingerprint density at radius 2 is 1.71 bits per heavy atom. The fourth-order valence-electron chi connectivity index (χ4n) is 2.30. The van der Waals surface area contributed by atoms with Crippen molar-refractivity contribution in [1.29, 1.82) is 0 Å². The second-order valence-electron chi connectivity index (χ2n) is 4.35. The maximum Gasteiger partial charge on any atom is 0.0565 e. The zero-order valence-corrected chi connectivity index (χ0v) is 12.0. The lowest BCUT2D eigenvalue weighted by Crippen LogP contribution is -2.14. The quantitative estimate of drug-likeness (QED) is 0.869. The Hall–Kier alpha value is -0.830. The van der Waals surface area contributed by atoms with Crippen molar-refractivity contribution in [3.63, 3.8) is 0 Å². The first kappa shape index (κ1) is 14.2. The van der Waals surface area contributed by atoms with Crippen molar-refractivity contribution < 1.29 is 0 Å². The van der Waals surface area contributed by atoms with Crippen LogP contribution in [-0.4, -0.2) is 0 Å². The molecular weight excluding hydrogens is 250 g/mol. The van der Waals surface area contributed by atoms with Crippen LogP contribution in [0.25, 0.3) is 0 Å². The van der Waals surface area contributed by atoms with Gasteiger partial charge in [0.25, 0.3) is 0 Å². The van der Waals surface area contributed by atoms with Crippen LogP contribution in [0, 0.1) is 20.8 Å². The van der Waals surface area contributed by atoms with Gasteiger partial charge in [-0.25, -0.2) is 0 Å². The van der Waals surface area contributed by atoms with E-state index in [0.29, 0.717) is 0 Å². The van der Waals surface area contributed by atoms with Crippen LogP contribution in [0.3, 0.4) is 0 Å². The van der Waals surface area contributed by atoms with Gasteiger partial charge in [0.2, 0.25) is 0 Å². The van der Waals surface area contributed by atoms with Crippen molar-refractivity contribution >= 4 is 23.7 Å². The van der Waals surface area contributed by atoms with Crippen molar-refractivity contribution in [2.75, 3.05) is 0 Å². The molecule has 0 aliphatic heterocycles. The van der Waals surface area contributed by atoms with Gasteiger partial charge < -0.3 is 5.73 Å². The Kier molecular flexibility index (Phi) is 4.75. The molecule has 0 bridgehead atoms. The summed E-state index contributed by atoms with van der Waals surface area (Å²) in [6, 6.07) is 6.52. The van der Waals surface area contributed by atoms with Gasteiger partial charge in [-0.05, 0) is 59.9 Å². The first-order valence-corrected chi connectivity index (χ1v) is 6.39. The van der Waals surface area contributed by atoms with Crippen LogP contribution in [0.15, 0.2) is 29.0 Å². The molecule has 2 rings (SSSR count). The third-order valence-corrected chi connectivity index (χ3v) is 3.65. The molecular formula is C14H18ClNS. The lowest BCUT2D eigenvalue weighted by Gasteiger charge is -2.17. The maximum absolute atomic E-state index is 6.32. The van der Waals surface area contributed by atoms with E-state index in [1.807, 2.05) is 0 Å². The Morgan fingerprint density at radius 3 is 2.18 bits per heavy atom. The summed E-state index contributed by atoms with van der Waals surface area (Å²) >= 11 is 1.70. The van der Waals surface area contributed by atoms with Crippen LogP contribution in [-0.2, 0) is 0 Å². The first-order valence-electron chi connectivity index (χ1n) is 5.45. The number of aryl methyl sites for hydroxylation is 3. The molecule has 0 saturated carbocycles. The van der Waals surface area contributed by atoms with Crippen LogP contribution in [0.5, 0.6) is 0 Å². The van der Waals surface area contributed by atoms with Gasteiger partial charge in [0.05, 0.1) is 6.04 Å². The summed E-state index contributed by atoms with van der Waals surface area (Å²) in [5.41, 5.74) is 12.7. The van der Waals surface area contributed by atoms with E-state index < -0.39 is 0 Å². The molecule has 92 valence electrons. The second kappa shape index (κ2) is 5.67. The van der Waals surface area contributed by atoms with E-state index in [2.05, 4.69) is 49.7 Å². The number of rotatable bonds is 2. The minimum absolute atomic E-state index is 0. The van der Waals surface area contributed by atoms with Crippen molar-refractivity contribution in [2.45, 2.75) is 26.8 Å². The summed E-state index contributed by atoms with van der Waals surface area (Å²) < 4.78 is 0. The van der Waals surface area contributed by atoms with Crippen LogP contribution < -0.4 is 5.73 Å². The summed E-state index contributed by atoms with van der Waals surface area (Å²) in [5.74, 6) is 0. The van der Waals surface area contributed by atoms with Gasteiger partial charge in [-0.15, -0.1) is 12.4 Å². The third-order valence-electron chi connectivity index (χ3n) is 2.95.